The van der Waals surface area contributed by atoms with Crippen molar-refractivity contribution in [1.29, 1.82) is 0 Å². The summed E-state index contributed by atoms with van der Waals surface area (Å²) >= 11 is 0. The van der Waals surface area contributed by atoms with E-state index in [0.29, 0.717) is 5.57 Å². The zero-order chi connectivity index (χ0) is 11.8. The topological polar surface area (TPSA) is 52.6 Å². The maximum Gasteiger partial charge on any atom is 0.375 e. The van der Waals surface area contributed by atoms with Crippen LogP contribution in [0, 0.1) is 5.41 Å². The van der Waals surface area contributed by atoms with Crippen LogP contribution in [0.4, 0.5) is 0 Å². The number of cyclic esters (lactones) is 1. The largest absolute Gasteiger partial charge is 0.452 e. The fraction of sp³-hybridized carbons (Fsp3) is 0.636. The van der Waals surface area contributed by atoms with Crippen molar-refractivity contribution < 1.29 is 19.1 Å². The average molecular weight is 212 g/mol. The Bertz CT molecular complexity index is 333. The van der Waals surface area contributed by atoms with E-state index >= 15 is 0 Å². The highest BCUT2D eigenvalue weighted by Crippen LogP contribution is 2.26. The second kappa shape index (κ2) is 3.68. The van der Waals surface area contributed by atoms with Crippen molar-refractivity contribution in [3.63, 3.8) is 0 Å². The maximum atomic E-state index is 11.6. The Morgan fingerprint density at radius 1 is 1.40 bits per heavy atom. The third-order valence-electron chi connectivity index (χ3n) is 2.24. The van der Waals surface area contributed by atoms with Crippen molar-refractivity contribution in [1.82, 2.24) is 0 Å². The summed E-state index contributed by atoms with van der Waals surface area (Å²) in [6.07, 6.45) is -0.305. The molecule has 1 unspecified atom stereocenters. The Balaban J connectivity index is 2.83. The standard InChI is InChI=1S/C11H16O4/c1-6-7(2)14-9(12)8(6)15-10(13)11(3,4)5/h7H,1-5H3. The highest BCUT2D eigenvalue weighted by atomic mass is 16.6. The fourth-order valence-electron chi connectivity index (χ4n) is 1.02. The van der Waals surface area contributed by atoms with Gasteiger partial charge in [-0.3, -0.25) is 4.79 Å². The van der Waals surface area contributed by atoms with E-state index in [4.69, 9.17) is 9.47 Å². The van der Waals surface area contributed by atoms with Gasteiger partial charge in [0.15, 0.2) is 0 Å². The lowest BCUT2D eigenvalue weighted by Gasteiger charge is -2.15. The van der Waals surface area contributed by atoms with Crippen molar-refractivity contribution in [2.75, 3.05) is 0 Å². The zero-order valence-electron chi connectivity index (χ0n) is 9.71. The molecule has 1 rings (SSSR count). The molecule has 0 amide bonds. The second-order valence-corrected chi connectivity index (χ2v) is 4.70. The minimum absolute atomic E-state index is 0.0439. The number of hydrogen-bond donors (Lipinski definition) is 0. The third-order valence-corrected chi connectivity index (χ3v) is 2.24. The van der Waals surface area contributed by atoms with Crippen LogP contribution < -0.4 is 0 Å². The van der Waals surface area contributed by atoms with Gasteiger partial charge >= 0.3 is 11.9 Å². The van der Waals surface area contributed by atoms with Gasteiger partial charge in [0.25, 0.3) is 0 Å². The molecule has 0 aromatic heterocycles. The quantitative estimate of drug-likeness (QED) is 0.622. The molecule has 0 saturated carbocycles. The number of carbonyl (C=O) groups excluding carboxylic acids is 2. The van der Waals surface area contributed by atoms with Crippen LogP contribution in [0.3, 0.4) is 0 Å². The molecule has 15 heavy (non-hydrogen) atoms. The van der Waals surface area contributed by atoms with Crippen molar-refractivity contribution in [2.45, 2.75) is 40.7 Å². The maximum absolute atomic E-state index is 11.6. The molecule has 84 valence electrons. The molecule has 0 saturated heterocycles. The molecular formula is C11H16O4. The third kappa shape index (κ3) is 2.37. The Morgan fingerprint density at radius 3 is 2.27 bits per heavy atom. The van der Waals surface area contributed by atoms with Gasteiger partial charge in [-0.05, 0) is 34.6 Å². The Hall–Kier alpha value is -1.32. The van der Waals surface area contributed by atoms with Gasteiger partial charge in [-0.2, -0.15) is 0 Å². The first-order chi connectivity index (χ1) is 6.73. The van der Waals surface area contributed by atoms with Gasteiger partial charge in [0.05, 0.1) is 5.41 Å². The average Bonchev–Trinajstić information content (AvgIpc) is 2.30. The predicted octanol–water partition coefficient (Wildman–Crippen LogP) is 1.79. The van der Waals surface area contributed by atoms with Crippen LogP contribution in [0.5, 0.6) is 0 Å². The summed E-state index contributed by atoms with van der Waals surface area (Å²) < 4.78 is 9.95. The van der Waals surface area contributed by atoms with Crippen LogP contribution in [0.1, 0.15) is 34.6 Å². The Kier molecular flexibility index (Phi) is 2.88. The lowest BCUT2D eigenvalue weighted by molar-refractivity contribution is -0.155. The zero-order valence-corrected chi connectivity index (χ0v) is 9.71. The molecule has 0 aliphatic carbocycles. The first kappa shape index (κ1) is 11.8. The summed E-state index contributed by atoms with van der Waals surface area (Å²) in [5, 5.41) is 0. The van der Waals surface area contributed by atoms with E-state index in [0.717, 1.165) is 0 Å². The number of carbonyl (C=O) groups is 2. The molecule has 1 atom stereocenters. The fourth-order valence-corrected chi connectivity index (χ4v) is 1.02. The molecule has 4 heteroatoms. The molecule has 0 aromatic rings. The van der Waals surface area contributed by atoms with Gasteiger partial charge < -0.3 is 9.47 Å². The van der Waals surface area contributed by atoms with Crippen LogP contribution in [0.15, 0.2) is 11.3 Å². The summed E-state index contributed by atoms with van der Waals surface area (Å²) in [5.41, 5.74) is 0.0388. The minimum Gasteiger partial charge on any atom is -0.452 e. The highest BCUT2D eigenvalue weighted by Gasteiger charge is 2.34. The van der Waals surface area contributed by atoms with E-state index in [1.54, 1.807) is 34.6 Å². The first-order valence-corrected chi connectivity index (χ1v) is 4.87. The summed E-state index contributed by atoms with van der Waals surface area (Å²) in [7, 11) is 0. The smallest absolute Gasteiger partial charge is 0.375 e. The molecule has 0 aromatic carbocycles. The van der Waals surface area contributed by atoms with Crippen LogP contribution in [-0.4, -0.2) is 18.0 Å². The lowest BCUT2D eigenvalue weighted by atomic mass is 9.97. The van der Waals surface area contributed by atoms with Crippen molar-refractivity contribution in [3.05, 3.63) is 11.3 Å². The summed E-state index contributed by atoms with van der Waals surface area (Å²) in [6, 6.07) is 0. The second-order valence-electron chi connectivity index (χ2n) is 4.70. The number of hydrogen-bond acceptors (Lipinski definition) is 4. The van der Waals surface area contributed by atoms with Gasteiger partial charge in [0, 0.05) is 5.57 Å². The number of ether oxygens (including phenoxy) is 2. The van der Waals surface area contributed by atoms with Crippen LogP contribution >= 0.6 is 0 Å². The monoisotopic (exact) mass is 212 g/mol. The van der Waals surface area contributed by atoms with Crippen molar-refractivity contribution >= 4 is 11.9 Å². The summed E-state index contributed by atoms with van der Waals surface area (Å²) in [6.45, 7) is 8.66. The molecule has 0 bridgehead atoms. The van der Waals surface area contributed by atoms with Crippen molar-refractivity contribution in [2.24, 2.45) is 5.41 Å². The summed E-state index contributed by atoms with van der Waals surface area (Å²) in [4.78, 5) is 22.9. The Labute approximate surface area is 89.2 Å². The van der Waals surface area contributed by atoms with E-state index in [1.165, 1.54) is 0 Å². The highest BCUT2D eigenvalue weighted by molar-refractivity contribution is 5.93. The van der Waals surface area contributed by atoms with E-state index < -0.39 is 17.4 Å². The normalized spacial score (nSPS) is 21.7. The molecule has 1 aliphatic rings. The SMILES string of the molecule is CC1=C(OC(=O)C(C)(C)C)C(=O)OC1C. The first-order valence-electron chi connectivity index (χ1n) is 4.87. The number of rotatable bonds is 1. The minimum atomic E-state index is -0.626. The Morgan fingerprint density at radius 2 is 1.93 bits per heavy atom. The van der Waals surface area contributed by atoms with E-state index in [9.17, 15) is 9.59 Å². The molecule has 4 nitrogen and oxygen atoms in total. The molecule has 0 radical (unpaired) electrons. The van der Waals surface area contributed by atoms with Crippen LogP contribution in [-0.2, 0) is 19.1 Å². The molecule has 0 N–H and O–H groups in total. The van der Waals surface area contributed by atoms with E-state index in [2.05, 4.69) is 0 Å². The van der Waals surface area contributed by atoms with Gasteiger partial charge in [-0.25, -0.2) is 4.79 Å². The van der Waals surface area contributed by atoms with Crippen LogP contribution in [0.2, 0.25) is 0 Å². The molecule has 0 spiro atoms. The van der Waals surface area contributed by atoms with Gasteiger partial charge in [-0.1, -0.05) is 0 Å². The lowest BCUT2D eigenvalue weighted by Crippen LogP contribution is -2.24. The molecule has 1 heterocycles. The van der Waals surface area contributed by atoms with E-state index in [1.807, 2.05) is 0 Å². The van der Waals surface area contributed by atoms with Crippen LogP contribution in [0.25, 0.3) is 0 Å². The van der Waals surface area contributed by atoms with Gasteiger partial charge in [-0.15, -0.1) is 0 Å². The number of esters is 2. The molecule has 0 fully saturated rings. The predicted molar refractivity (Wildman–Crippen MR) is 53.8 cm³/mol. The summed E-state index contributed by atoms with van der Waals surface area (Å²) in [5.74, 6) is -0.942. The van der Waals surface area contributed by atoms with E-state index in [-0.39, 0.29) is 11.9 Å². The van der Waals surface area contributed by atoms with Crippen molar-refractivity contribution in [3.8, 4) is 0 Å². The molecule has 1 aliphatic heterocycles. The van der Waals surface area contributed by atoms with Gasteiger partial charge in [0.1, 0.15) is 6.10 Å². The van der Waals surface area contributed by atoms with Gasteiger partial charge in [0.2, 0.25) is 5.76 Å². The molecular weight excluding hydrogens is 196 g/mol.